The quantitative estimate of drug-likeness (QED) is 0.596. The fraction of sp³-hybridized carbons (Fsp3) is 0.182. The van der Waals surface area contributed by atoms with Crippen molar-refractivity contribution in [3.63, 3.8) is 0 Å². The van der Waals surface area contributed by atoms with Gasteiger partial charge in [0.05, 0.1) is 52.1 Å². The van der Waals surface area contributed by atoms with Crippen molar-refractivity contribution in [2.45, 2.75) is 26.1 Å². The number of fused-ring (bicyclic) bond motifs is 1. The molecule has 1 aliphatic rings. The van der Waals surface area contributed by atoms with Gasteiger partial charge >= 0.3 is 6.03 Å². The number of nitrogens with one attached hydrogen (secondary N) is 1. The Morgan fingerprint density at radius 3 is 2.53 bits per heavy atom. The minimum atomic E-state index is -0.644. The first-order valence-corrected chi connectivity index (χ1v) is 10.5. The van der Waals surface area contributed by atoms with Gasteiger partial charge in [-0.25, -0.2) is 4.79 Å². The molecule has 0 saturated carbocycles. The van der Waals surface area contributed by atoms with E-state index in [4.69, 9.17) is 34.2 Å². The van der Waals surface area contributed by atoms with Gasteiger partial charge in [0.2, 0.25) is 0 Å². The first-order chi connectivity index (χ1) is 15.3. The molecule has 0 radical (unpaired) electrons. The molecule has 1 aromatic heterocycles. The summed E-state index contributed by atoms with van der Waals surface area (Å²) in [7, 11) is 0. The van der Waals surface area contributed by atoms with Gasteiger partial charge in [0.1, 0.15) is 5.69 Å². The molecule has 2 aromatic carbocycles. The van der Waals surface area contributed by atoms with Gasteiger partial charge in [-0.15, -0.1) is 0 Å². The molecule has 1 aliphatic heterocycles. The zero-order chi connectivity index (χ0) is 23.0. The largest absolute Gasteiger partial charge is 0.365 e. The number of nitrogens with two attached hydrogens (primary N) is 1. The molecule has 4 rings (SSSR count). The van der Waals surface area contributed by atoms with Gasteiger partial charge in [-0.05, 0) is 43.3 Å². The Morgan fingerprint density at radius 1 is 1.19 bits per heavy atom. The summed E-state index contributed by atoms with van der Waals surface area (Å²) < 4.78 is 1.70. The van der Waals surface area contributed by atoms with Crippen molar-refractivity contribution in [3.8, 4) is 17.3 Å². The van der Waals surface area contributed by atoms with Crippen molar-refractivity contribution >= 4 is 40.8 Å². The lowest BCUT2D eigenvalue weighted by molar-refractivity contribution is 0.0995. The number of nitrogens with zero attached hydrogens (tertiary/aromatic N) is 4. The molecule has 3 aromatic rings. The first-order valence-electron chi connectivity index (χ1n) is 9.71. The molecule has 1 atom stereocenters. The van der Waals surface area contributed by atoms with Crippen molar-refractivity contribution in [2.24, 2.45) is 5.73 Å². The Balaban J connectivity index is 1.66. The molecule has 0 spiro atoms. The number of amides is 3. The highest BCUT2D eigenvalue weighted by Crippen LogP contribution is 2.33. The standard InChI is InChI=1S/C22H18Cl2N6O2/c1-12-10-30-18(11-29(12)22(32)27-15-5-2-13(9-25)3-6-15)19(21(26)31)20(28-30)14-4-7-16(23)17(24)8-14/h2-8,12H,10-11H2,1H3,(H2,26,31)(H,27,32)/t12-/m0/s1. The minimum absolute atomic E-state index is 0.149. The number of carbonyl (C=O) groups excluding carboxylic acids is 2. The second kappa shape index (κ2) is 8.54. The lowest BCUT2D eigenvalue weighted by atomic mass is 10.0. The van der Waals surface area contributed by atoms with Crippen LogP contribution in [-0.4, -0.2) is 32.7 Å². The van der Waals surface area contributed by atoms with E-state index in [9.17, 15) is 9.59 Å². The van der Waals surface area contributed by atoms with Gasteiger partial charge in [0.25, 0.3) is 5.91 Å². The number of aromatic nitrogens is 2. The van der Waals surface area contributed by atoms with E-state index in [2.05, 4.69) is 10.4 Å². The maximum absolute atomic E-state index is 13.0. The van der Waals surface area contributed by atoms with Crippen LogP contribution >= 0.6 is 23.2 Å². The SMILES string of the molecule is C[C@H]1Cn2nc(-c3ccc(Cl)c(Cl)c3)c(C(N)=O)c2CN1C(=O)Nc1ccc(C#N)cc1. The van der Waals surface area contributed by atoms with Crippen LogP contribution in [0, 0.1) is 11.3 Å². The van der Waals surface area contributed by atoms with E-state index in [0.717, 1.165) is 0 Å². The number of halogens is 2. The number of carbonyl (C=O) groups is 2. The minimum Gasteiger partial charge on any atom is -0.365 e. The number of anilines is 1. The number of urea groups is 1. The normalized spacial score (nSPS) is 15.1. The van der Waals surface area contributed by atoms with E-state index in [1.807, 2.05) is 13.0 Å². The molecule has 0 unspecified atom stereocenters. The zero-order valence-corrected chi connectivity index (χ0v) is 18.5. The lowest BCUT2D eigenvalue weighted by Crippen LogP contribution is -2.47. The highest BCUT2D eigenvalue weighted by atomic mass is 35.5. The van der Waals surface area contributed by atoms with E-state index >= 15 is 0 Å². The van der Waals surface area contributed by atoms with E-state index in [-0.39, 0.29) is 24.2 Å². The van der Waals surface area contributed by atoms with Crippen LogP contribution in [0.4, 0.5) is 10.5 Å². The molecule has 3 amide bonds. The highest BCUT2D eigenvalue weighted by Gasteiger charge is 2.33. The molecule has 0 bridgehead atoms. The number of nitriles is 1. The van der Waals surface area contributed by atoms with Gasteiger partial charge in [-0.2, -0.15) is 10.4 Å². The molecule has 8 nitrogen and oxygen atoms in total. The molecule has 0 fully saturated rings. The summed E-state index contributed by atoms with van der Waals surface area (Å²) in [6.45, 7) is 2.43. The van der Waals surface area contributed by atoms with Crippen LogP contribution in [0.1, 0.15) is 28.5 Å². The van der Waals surface area contributed by atoms with E-state index < -0.39 is 5.91 Å². The average Bonchev–Trinajstić information content (AvgIpc) is 3.14. The Kier molecular flexibility index (Phi) is 5.78. The lowest BCUT2D eigenvalue weighted by Gasteiger charge is -2.34. The van der Waals surface area contributed by atoms with Gasteiger partial charge in [0.15, 0.2) is 0 Å². The summed E-state index contributed by atoms with van der Waals surface area (Å²) >= 11 is 12.2. The Hall–Kier alpha value is -3.54. The zero-order valence-electron chi connectivity index (χ0n) is 17.0. The first kappa shape index (κ1) is 21.7. The molecular weight excluding hydrogens is 451 g/mol. The summed E-state index contributed by atoms with van der Waals surface area (Å²) in [6.07, 6.45) is 0. The summed E-state index contributed by atoms with van der Waals surface area (Å²) in [6, 6.07) is 13.1. The highest BCUT2D eigenvalue weighted by molar-refractivity contribution is 6.42. The number of hydrogen-bond acceptors (Lipinski definition) is 4. The van der Waals surface area contributed by atoms with Crippen LogP contribution < -0.4 is 11.1 Å². The molecule has 0 aliphatic carbocycles. The van der Waals surface area contributed by atoms with E-state index in [1.165, 1.54) is 0 Å². The van der Waals surface area contributed by atoms with Crippen LogP contribution in [0.2, 0.25) is 10.0 Å². The molecule has 10 heteroatoms. The molecule has 3 N–H and O–H groups in total. The van der Waals surface area contributed by atoms with Crippen molar-refractivity contribution in [2.75, 3.05) is 5.32 Å². The van der Waals surface area contributed by atoms with Crippen molar-refractivity contribution in [1.29, 1.82) is 5.26 Å². The summed E-state index contributed by atoms with van der Waals surface area (Å²) in [4.78, 5) is 26.9. The van der Waals surface area contributed by atoms with Gasteiger partial charge in [0, 0.05) is 11.3 Å². The number of rotatable bonds is 3. The van der Waals surface area contributed by atoms with Crippen LogP contribution in [-0.2, 0) is 13.1 Å². The van der Waals surface area contributed by atoms with Gasteiger partial charge < -0.3 is 16.0 Å². The predicted molar refractivity (Wildman–Crippen MR) is 121 cm³/mol. The number of primary amides is 1. The molecular formula is C22H18Cl2N6O2. The summed E-state index contributed by atoms with van der Waals surface area (Å²) in [5, 5.41) is 17.1. The van der Waals surface area contributed by atoms with Crippen molar-refractivity contribution in [1.82, 2.24) is 14.7 Å². The van der Waals surface area contributed by atoms with Gasteiger partial charge in [-0.3, -0.25) is 9.48 Å². The summed E-state index contributed by atoms with van der Waals surface area (Å²) in [5.74, 6) is -0.644. The van der Waals surface area contributed by atoms with Crippen molar-refractivity contribution < 1.29 is 9.59 Å². The van der Waals surface area contributed by atoms with Crippen LogP contribution in [0.25, 0.3) is 11.3 Å². The van der Waals surface area contributed by atoms with Crippen LogP contribution in [0.15, 0.2) is 42.5 Å². The monoisotopic (exact) mass is 468 g/mol. The fourth-order valence-electron chi connectivity index (χ4n) is 3.67. The smallest absolute Gasteiger partial charge is 0.322 e. The molecule has 162 valence electrons. The third kappa shape index (κ3) is 4.00. The van der Waals surface area contributed by atoms with Crippen molar-refractivity contribution in [3.05, 3.63) is 69.3 Å². The molecule has 2 heterocycles. The Labute approximate surface area is 194 Å². The van der Waals surface area contributed by atoms with Gasteiger partial charge in [-0.1, -0.05) is 29.3 Å². The average molecular weight is 469 g/mol. The maximum Gasteiger partial charge on any atom is 0.322 e. The topological polar surface area (TPSA) is 117 Å². The second-order valence-corrected chi connectivity index (χ2v) is 8.26. The second-order valence-electron chi connectivity index (χ2n) is 7.44. The fourth-order valence-corrected chi connectivity index (χ4v) is 3.97. The Bertz CT molecular complexity index is 1260. The molecule has 32 heavy (non-hydrogen) atoms. The van der Waals surface area contributed by atoms with E-state index in [0.29, 0.717) is 44.8 Å². The van der Waals surface area contributed by atoms with Crippen LogP contribution in [0.5, 0.6) is 0 Å². The number of hydrogen-bond donors (Lipinski definition) is 2. The Morgan fingerprint density at radius 2 is 1.91 bits per heavy atom. The number of benzene rings is 2. The predicted octanol–water partition coefficient (Wildman–Crippen LogP) is 4.26. The van der Waals surface area contributed by atoms with Crippen LogP contribution in [0.3, 0.4) is 0 Å². The third-order valence-corrected chi connectivity index (χ3v) is 6.05. The summed E-state index contributed by atoms with van der Waals surface area (Å²) in [5.41, 5.74) is 8.55. The molecule has 0 saturated heterocycles. The third-order valence-electron chi connectivity index (χ3n) is 5.31. The maximum atomic E-state index is 13.0. The van der Waals surface area contributed by atoms with E-state index in [1.54, 1.807) is 52.0 Å².